The summed E-state index contributed by atoms with van der Waals surface area (Å²) in [6, 6.07) is 4.14. The lowest BCUT2D eigenvalue weighted by Crippen LogP contribution is -2.46. The molecule has 106 valence electrons. The summed E-state index contributed by atoms with van der Waals surface area (Å²) < 4.78 is 26.0. The van der Waals surface area contributed by atoms with Gasteiger partial charge in [-0.05, 0) is 37.2 Å². The van der Waals surface area contributed by atoms with E-state index >= 15 is 0 Å². The molecule has 0 spiro atoms. The second-order valence-electron chi connectivity index (χ2n) is 5.01. The highest BCUT2D eigenvalue weighted by Crippen LogP contribution is 2.12. The fourth-order valence-electron chi connectivity index (χ4n) is 2.38. The zero-order valence-corrected chi connectivity index (χ0v) is 11.1. The van der Waals surface area contributed by atoms with Crippen LogP contribution in [0.4, 0.5) is 8.78 Å². The van der Waals surface area contributed by atoms with Crippen LogP contribution in [-0.4, -0.2) is 49.1 Å². The van der Waals surface area contributed by atoms with Crippen molar-refractivity contribution in [3.05, 3.63) is 35.4 Å². The minimum atomic E-state index is -0.782. The van der Waals surface area contributed by atoms with E-state index in [1.54, 1.807) is 6.07 Å². The van der Waals surface area contributed by atoms with Crippen LogP contribution in [0.15, 0.2) is 18.2 Å². The molecule has 5 heteroatoms. The normalized spacial score (nSPS) is 17.8. The third-order valence-electron chi connectivity index (χ3n) is 3.53. The highest BCUT2D eigenvalue weighted by Gasteiger charge is 2.16. The largest absolute Gasteiger partial charge is 0.330 e. The van der Waals surface area contributed by atoms with Crippen molar-refractivity contribution in [1.82, 2.24) is 9.80 Å². The lowest BCUT2D eigenvalue weighted by molar-refractivity contribution is 0.126. The molecule has 1 aliphatic heterocycles. The molecule has 0 bridgehead atoms. The molecule has 1 saturated heterocycles. The Kier molecular flexibility index (Phi) is 5.24. The minimum Gasteiger partial charge on any atom is -0.330 e. The van der Waals surface area contributed by atoms with Crippen LogP contribution in [0.3, 0.4) is 0 Å². The molecule has 0 unspecified atom stereocenters. The molecule has 19 heavy (non-hydrogen) atoms. The second kappa shape index (κ2) is 6.93. The van der Waals surface area contributed by atoms with E-state index < -0.39 is 11.6 Å². The second-order valence-corrected chi connectivity index (χ2v) is 5.01. The molecule has 0 atom stereocenters. The van der Waals surface area contributed by atoms with Crippen LogP contribution in [0, 0.1) is 11.6 Å². The van der Waals surface area contributed by atoms with Gasteiger partial charge >= 0.3 is 0 Å². The summed E-state index contributed by atoms with van der Waals surface area (Å²) >= 11 is 0. The van der Waals surface area contributed by atoms with Crippen LogP contribution >= 0.6 is 0 Å². The van der Waals surface area contributed by atoms with Gasteiger partial charge in [-0.2, -0.15) is 0 Å². The summed E-state index contributed by atoms with van der Waals surface area (Å²) in [5, 5.41) is 0. The molecule has 3 nitrogen and oxygen atoms in total. The van der Waals surface area contributed by atoms with Gasteiger partial charge in [0.1, 0.15) is 0 Å². The number of benzene rings is 1. The van der Waals surface area contributed by atoms with Crippen LogP contribution in [0.5, 0.6) is 0 Å². The van der Waals surface area contributed by atoms with Crippen molar-refractivity contribution in [2.75, 3.05) is 39.3 Å². The van der Waals surface area contributed by atoms with E-state index in [9.17, 15) is 8.78 Å². The molecule has 1 aromatic rings. The van der Waals surface area contributed by atoms with E-state index in [2.05, 4.69) is 9.80 Å². The Morgan fingerprint density at radius 3 is 2.32 bits per heavy atom. The summed E-state index contributed by atoms with van der Waals surface area (Å²) in [6.07, 6.45) is 1.03. The number of nitrogens with two attached hydrogens (primary N) is 1. The number of piperazine rings is 1. The molecule has 2 rings (SSSR count). The van der Waals surface area contributed by atoms with E-state index in [1.807, 2.05) is 0 Å². The van der Waals surface area contributed by atoms with Gasteiger partial charge in [0.15, 0.2) is 11.6 Å². The number of halogens is 2. The summed E-state index contributed by atoms with van der Waals surface area (Å²) in [4.78, 5) is 4.67. The highest BCUT2D eigenvalue weighted by molar-refractivity contribution is 5.17. The lowest BCUT2D eigenvalue weighted by atomic mass is 10.2. The Labute approximate surface area is 113 Å². The van der Waals surface area contributed by atoms with Crippen molar-refractivity contribution in [2.45, 2.75) is 13.0 Å². The van der Waals surface area contributed by atoms with E-state index in [-0.39, 0.29) is 0 Å². The zero-order chi connectivity index (χ0) is 13.7. The van der Waals surface area contributed by atoms with Crippen molar-refractivity contribution in [1.29, 1.82) is 0 Å². The predicted molar refractivity (Wildman–Crippen MR) is 71.7 cm³/mol. The van der Waals surface area contributed by atoms with E-state index in [0.717, 1.165) is 51.3 Å². The first-order valence-electron chi connectivity index (χ1n) is 6.78. The lowest BCUT2D eigenvalue weighted by Gasteiger charge is -2.34. The van der Waals surface area contributed by atoms with Gasteiger partial charge in [0.05, 0.1) is 0 Å². The van der Waals surface area contributed by atoms with Gasteiger partial charge < -0.3 is 10.6 Å². The summed E-state index contributed by atoms with van der Waals surface area (Å²) in [5.41, 5.74) is 6.33. The zero-order valence-electron chi connectivity index (χ0n) is 11.1. The first-order chi connectivity index (χ1) is 9.19. The van der Waals surface area contributed by atoms with Crippen LogP contribution < -0.4 is 5.73 Å². The van der Waals surface area contributed by atoms with Crippen molar-refractivity contribution in [3.63, 3.8) is 0 Å². The van der Waals surface area contributed by atoms with Crippen LogP contribution in [-0.2, 0) is 6.54 Å². The van der Waals surface area contributed by atoms with Gasteiger partial charge in [-0.25, -0.2) is 8.78 Å². The molecular formula is C14H21F2N3. The van der Waals surface area contributed by atoms with Gasteiger partial charge in [0.2, 0.25) is 0 Å². The highest BCUT2D eigenvalue weighted by atomic mass is 19.2. The first kappa shape index (κ1) is 14.4. The first-order valence-corrected chi connectivity index (χ1v) is 6.78. The van der Waals surface area contributed by atoms with Gasteiger partial charge in [-0.1, -0.05) is 6.07 Å². The van der Waals surface area contributed by atoms with Crippen LogP contribution in [0.2, 0.25) is 0 Å². The van der Waals surface area contributed by atoms with Crippen molar-refractivity contribution in [3.8, 4) is 0 Å². The van der Waals surface area contributed by atoms with Crippen LogP contribution in [0.1, 0.15) is 12.0 Å². The van der Waals surface area contributed by atoms with E-state index in [1.165, 1.54) is 12.1 Å². The fourth-order valence-corrected chi connectivity index (χ4v) is 2.38. The van der Waals surface area contributed by atoms with Gasteiger partial charge in [0, 0.05) is 32.7 Å². The standard InChI is InChI=1S/C14H21F2N3/c15-13-3-2-12(10-14(13)16)11-19-8-6-18(7-9-19)5-1-4-17/h2-3,10H,1,4-9,11,17H2. The quantitative estimate of drug-likeness (QED) is 0.877. The Bertz CT molecular complexity index is 404. The number of nitrogens with zero attached hydrogens (tertiary/aromatic N) is 2. The summed E-state index contributed by atoms with van der Waals surface area (Å²) in [5.74, 6) is -1.55. The molecule has 0 aromatic heterocycles. The fraction of sp³-hybridized carbons (Fsp3) is 0.571. The molecular weight excluding hydrogens is 248 g/mol. The van der Waals surface area contributed by atoms with Gasteiger partial charge in [-0.3, -0.25) is 4.90 Å². The van der Waals surface area contributed by atoms with E-state index in [4.69, 9.17) is 5.73 Å². The molecule has 2 N–H and O–H groups in total. The Morgan fingerprint density at radius 1 is 1.00 bits per heavy atom. The monoisotopic (exact) mass is 269 g/mol. The topological polar surface area (TPSA) is 32.5 Å². The maximum atomic E-state index is 13.1. The SMILES string of the molecule is NCCCN1CCN(Cc2ccc(F)c(F)c2)CC1. The Hall–Kier alpha value is -1.04. The Morgan fingerprint density at radius 2 is 1.68 bits per heavy atom. The van der Waals surface area contributed by atoms with Crippen molar-refractivity contribution < 1.29 is 8.78 Å². The van der Waals surface area contributed by atoms with Crippen molar-refractivity contribution in [2.24, 2.45) is 5.73 Å². The number of hydrogen-bond donors (Lipinski definition) is 1. The Balaban J connectivity index is 1.80. The molecule has 0 amide bonds. The third-order valence-corrected chi connectivity index (χ3v) is 3.53. The molecule has 1 fully saturated rings. The average molecular weight is 269 g/mol. The number of hydrogen-bond acceptors (Lipinski definition) is 3. The summed E-state index contributed by atoms with van der Waals surface area (Å²) in [6.45, 7) is 6.42. The smallest absolute Gasteiger partial charge is 0.159 e. The maximum Gasteiger partial charge on any atom is 0.159 e. The van der Waals surface area contributed by atoms with Gasteiger partial charge in [-0.15, -0.1) is 0 Å². The summed E-state index contributed by atoms with van der Waals surface area (Å²) in [7, 11) is 0. The average Bonchev–Trinajstić information content (AvgIpc) is 2.42. The molecule has 1 heterocycles. The predicted octanol–water partition coefficient (Wildman–Crippen LogP) is 1.43. The molecule has 1 aromatic carbocycles. The van der Waals surface area contributed by atoms with E-state index in [0.29, 0.717) is 6.54 Å². The number of rotatable bonds is 5. The molecule has 1 aliphatic rings. The minimum absolute atomic E-state index is 0.682. The third kappa shape index (κ3) is 4.23. The molecule has 0 radical (unpaired) electrons. The molecule has 0 aliphatic carbocycles. The maximum absolute atomic E-state index is 13.1. The van der Waals surface area contributed by atoms with Gasteiger partial charge in [0.25, 0.3) is 0 Å². The molecule has 0 saturated carbocycles. The van der Waals surface area contributed by atoms with Crippen LogP contribution in [0.25, 0.3) is 0 Å². The van der Waals surface area contributed by atoms with Crippen molar-refractivity contribution >= 4 is 0 Å².